The second-order valence-electron chi connectivity index (χ2n) is 5.13. The lowest BCUT2D eigenvalue weighted by molar-refractivity contribution is 0.583. The van der Waals surface area contributed by atoms with E-state index in [1.54, 1.807) is 0 Å². The van der Waals surface area contributed by atoms with Crippen molar-refractivity contribution in [3.63, 3.8) is 0 Å². The van der Waals surface area contributed by atoms with E-state index in [0.717, 1.165) is 12.5 Å². The van der Waals surface area contributed by atoms with Crippen molar-refractivity contribution in [2.75, 3.05) is 11.9 Å². The van der Waals surface area contributed by atoms with Crippen LogP contribution in [-0.2, 0) is 6.54 Å². The molecule has 0 spiro atoms. The van der Waals surface area contributed by atoms with E-state index in [4.69, 9.17) is 12.2 Å². The van der Waals surface area contributed by atoms with Crippen LogP contribution >= 0.6 is 12.2 Å². The Kier molecular flexibility index (Phi) is 4.04. The Bertz CT molecular complexity index is 595. The van der Waals surface area contributed by atoms with Crippen LogP contribution in [-0.4, -0.2) is 21.8 Å². The number of hydrogen-bond donors (Lipinski definition) is 1. The van der Waals surface area contributed by atoms with Crippen molar-refractivity contribution in [3.05, 3.63) is 40.2 Å². The van der Waals surface area contributed by atoms with Gasteiger partial charge in [-0.1, -0.05) is 29.8 Å². The van der Waals surface area contributed by atoms with E-state index in [-0.39, 0.29) is 0 Å². The highest BCUT2D eigenvalue weighted by atomic mass is 32.1. The predicted molar refractivity (Wildman–Crippen MR) is 81.1 cm³/mol. The zero-order valence-corrected chi connectivity index (χ0v) is 12.7. The third-order valence-corrected chi connectivity index (χ3v) is 3.37. The summed E-state index contributed by atoms with van der Waals surface area (Å²) in [6.45, 7) is 7.12. The summed E-state index contributed by atoms with van der Waals surface area (Å²) in [6, 6.07) is 8.84. The van der Waals surface area contributed by atoms with Gasteiger partial charge in [0.2, 0.25) is 5.95 Å². The van der Waals surface area contributed by atoms with Crippen molar-refractivity contribution in [2.45, 2.75) is 33.4 Å². The summed E-state index contributed by atoms with van der Waals surface area (Å²) in [5.41, 5.74) is 2.54. The Morgan fingerprint density at radius 2 is 1.95 bits per heavy atom. The van der Waals surface area contributed by atoms with Crippen molar-refractivity contribution >= 4 is 18.2 Å². The fourth-order valence-corrected chi connectivity index (χ4v) is 2.41. The maximum absolute atomic E-state index is 5.27. The van der Waals surface area contributed by atoms with Gasteiger partial charge in [-0.25, -0.2) is 5.10 Å². The Morgan fingerprint density at radius 1 is 1.32 bits per heavy atom. The van der Waals surface area contributed by atoms with Gasteiger partial charge in [0.15, 0.2) is 4.77 Å². The molecule has 0 fully saturated rings. The predicted octanol–water partition coefficient (Wildman–Crippen LogP) is 3.47. The first-order valence-electron chi connectivity index (χ1n) is 6.42. The van der Waals surface area contributed by atoms with Gasteiger partial charge in [0, 0.05) is 19.6 Å². The molecular weight excluding hydrogens is 256 g/mol. The normalized spacial score (nSPS) is 11.0. The van der Waals surface area contributed by atoms with Crippen molar-refractivity contribution in [1.29, 1.82) is 0 Å². The molecule has 5 heteroatoms. The minimum atomic E-state index is 0.293. The smallest absolute Gasteiger partial charge is 0.226 e. The van der Waals surface area contributed by atoms with E-state index >= 15 is 0 Å². The molecule has 0 radical (unpaired) electrons. The minimum Gasteiger partial charge on any atom is -0.340 e. The largest absolute Gasteiger partial charge is 0.340 e. The summed E-state index contributed by atoms with van der Waals surface area (Å²) in [6.07, 6.45) is 0. The maximum atomic E-state index is 5.27. The topological polar surface area (TPSA) is 36.9 Å². The van der Waals surface area contributed by atoms with Crippen LogP contribution in [0.2, 0.25) is 0 Å². The van der Waals surface area contributed by atoms with Gasteiger partial charge >= 0.3 is 0 Å². The van der Waals surface area contributed by atoms with Gasteiger partial charge in [0.25, 0.3) is 0 Å². The second-order valence-corrected chi connectivity index (χ2v) is 5.52. The van der Waals surface area contributed by atoms with Crippen LogP contribution in [0.25, 0.3) is 0 Å². The zero-order chi connectivity index (χ0) is 14.0. The molecule has 0 saturated carbocycles. The summed E-state index contributed by atoms with van der Waals surface area (Å²) in [7, 11) is 2.03. The van der Waals surface area contributed by atoms with Crippen molar-refractivity contribution in [2.24, 2.45) is 0 Å². The zero-order valence-electron chi connectivity index (χ0n) is 11.8. The van der Waals surface area contributed by atoms with Gasteiger partial charge in [0.1, 0.15) is 0 Å². The summed E-state index contributed by atoms with van der Waals surface area (Å²) >= 11 is 5.27. The van der Waals surface area contributed by atoms with Gasteiger partial charge in [-0.2, -0.15) is 0 Å². The first-order valence-corrected chi connectivity index (χ1v) is 6.83. The number of aryl methyl sites for hydroxylation is 1. The lowest BCUT2D eigenvalue weighted by Crippen LogP contribution is -2.21. The molecule has 2 rings (SSSR count). The Labute approximate surface area is 119 Å². The lowest BCUT2D eigenvalue weighted by atomic mass is 10.1. The Morgan fingerprint density at radius 3 is 2.53 bits per heavy atom. The van der Waals surface area contributed by atoms with E-state index < -0.39 is 0 Å². The van der Waals surface area contributed by atoms with E-state index in [1.165, 1.54) is 11.1 Å². The molecule has 1 heterocycles. The Hall–Kier alpha value is -1.62. The number of nitrogens with one attached hydrogen (secondary N) is 1. The van der Waals surface area contributed by atoms with Gasteiger partial charge in [-0.05, 0) is 38.6 Å². The van der Waals surface area contributed by atoms with Crippen molar-refractivity contribution in [3.8, 4) is 0 Å². The molecule has 0 saturated heterocycles. The molecule has 2 aromatic rings. The average Bonchev–Trinajstić information content (AvgIpc) is 2.74. The number of nitrogens with zero attached hydrogens (tertiary/aromatic N) is 3. The highest BCUT2D eigenvalue weighted by molar-refractivity contribution is 7.71. The van der Waals surface area contributed by atoms with E-state index in [2.05, 4.69) is 60.1 Å². The highest BCUT2D eigenvalue weighted by Crippen LogP contribution is 2.18. The Balaban J connectivity index is 2.23. The third-order valence-electron chi connectivity index (χ3n) is 3.08. The minimum absolute atomic E-state index is 0.293. The van der Waals surface area contributed by atoms with Gasteiger partial charge < -0.3 is 4.90 Å². The molecule has 0 aliphatic carbocycles. The summed E-state index contributed by atoms with van der Waals surface area (Å²) in [4.78, 5) is 2.11. The van der Waals surface area contributed by atoms with Crippen LogP contribution in [0.5, 0.6) is 0 Å². The first-order chi connectivity index (χ1) is 8.99. The van der Waals surface area contributed by atoms with Crippen LogP contribution in [0.3, 0.4) is 0 Å². The molecule has 0 atom stereocenters. The van der Waals surface area contributed by atoms with Crippen LogP contribution < -0.4 is 4.90 Å². The molecule has 0 aliphatic rings. The number of H-pyrrole nitrogens is 1. The molecule has 1 N–H and O–H groups in total. The highest BCUT2D eigenvalue weighted by Gasteiger charge is 2.13. The average molecular weight is 276 g/mol. The molecule has 1 aromatic carbocycles. The van der Waals surface area contributed by atoms with Gasteiger partial charge in [0.05, 0.1) is 0 Å². The fraction of sp³-hybridized carbons (Fsp3) is 0.429. The van der Waals surface area contributed by atoms with E-state index in [0.29, 0.717) is 10.8 Å². The number of hydrogen-bond acceptors (Lipinski definition) is 3. The molecule has 4 nitrogen and oxygen atoms in total. The van der Waals surface area contributed by atoms with Crippen molar-refractivity contribution < 1.29 is 0 Å². The summed E-state index contributed by atoms with van der Waals surface area (Å²) in [5, 5.41) is 7.19. The number of anilines is 1. The van der Waals surface area contributed by atoms with E-state index in [9.17, 15) is 0 Å². The number of rotatable bonds is 4. The monoisotopic (exact) mass is 276 g/mol. The van der Waals surface area contributed by atoms with Crippen LogP contribution in [0.15, 0.2) is 24.3 Å². The fourth-order valence-electron chi connectivity index (χ4n) is 2.07. The van der Waals surface area contributed by atoms with Crippen LogP contribution in [0, 0.1) is 11.7 Å². The molecule has 0 aliphatic heterocycles. The summed E-state index contributed by atoms with van der Waals surface area (Å²) in [5.74, 6) is 0.876. The molecule has 19 heavy (non-hydrogen) atoms. The van der Waals surface area contributed by atoms with Crippen LogP contribution in [0.1, 0.15) is 31.0 Å². The summed E-state index contributed by atoms with van der Waals surface area (Å²) < 4.78 is 2.70. The molecule has 0 amide bonds. The molecule has 102 valence electrons. The molecule has 0 bridgehead atoms. The molecule has 0 unspecified atom stereocenters. The lowest BCUT2D eigenvalue weighted by Gasteiger charge is -2.20. The SMILES string of the molecule is Cc1ccc(CN(C)c2n[nH]c(=S)n2C(C)C)cc1. The second kappa shape index (κ2) is 5.57. The van der Waals surface area contributed by atoms with Gasteiger partial charge in [-0.3, -0.25) is 4.57 Å². The number of aromatic nitrogens is 3. The standard InChI is InChI=1S/C14H20N4S/c1-10(2)18-13(15-16-14(18)19)17(4)9-12-7-5-11(3)6-8-12/h5-8,10H,9H2,1-4H3,(H,16,19). The van der Waals surface area contributed by atoms with Crippen molar-refractivity contribution in [1.82, 2.24) is 14.8 Å². The van der Waals surface area contributed by atoms with Gasteiger partial charge in [-0.15, -0.1) is 5.10 Å². The molecular formula is C14H20N4S. The van der Waals surface area contributed by atoms with Crippen LogP contribution in [0.4, 0.5) is 5.95 Å². The first kappa shape index (κ1) is 13.8. The molecule has 1 aromatic heterocycles. The maximum Gasteiger partial charge on any atom is 0.226 e. The quantitative estimate of drug-likeness (QED) is 0.869. The number of aromatic amines is 1. The van der Waals surface area contributed by atoms with E-state index in [1.807, 2.05) is 11.6 Å². The third kappa shape index (κ3) is 3.04. The number of benzene rings is 1.